The van der Waals surface area contributed by atoms with Crippen LogP contribution in [0, 0.1) is 23.7 Å². The zero-order valence-electron chi connectivity index (χ0n) is 39.4. The van der Waals surface area contributed by atoms with Gasteiger partial charge in [0.25, 0.3) is 0 Å². The van der Waals surface area contributed by atoms with E-state index in [9.17, 15) is 19.8 Å². The van der Waals surface area contributed by atoms with Gasteiger partial charge in [-0.1, -0.05) is 242 Å². The van der Waals surface area contributed by atoms with Crippen molar-refractivity contribution < 1.29 is 29.3 Å². The fourth-order valence-corrected chi connectivity index (χ4v) is 8.04. The van der Waals surface area contributed by atoms with Crippen molar-refractivity contribution in [2.75, 3.05) is 26.4 Å². The first-order valence-corrected chi connectivity index (χ1v) is 25.4. The summed E-state index contributed by atoms with van der Waals surface area (Å²) in [5.41, 5.74) is 2.70. The number of rotatable bonds is 39. The van der Waals surface area contributed by atoms with E-state index in [1.807, 2.05) is 0 Å². The number of carboxylic acids is 2. The quantitative estimate of drug-likeness (QED) is 0.0514. The topological polar surface area (TPSA) is 93.1 Å². The number of hydrogen-bond acceptors (Lipinski definition) is 4. The van der Waals surface area contributed by atoms with Crippen LogP contribution in [-0.2, 0) is 9.47 Å². The third-order valence-corrected chi connectivity index (χ3v) is 11.9. The summed E-state index contributed by atoms with van der Waals surface area (Å²) in [6, 6.07) is 9.65. The fourth-order valence-electron chi connectivity index (χ4n) is 8.04. The van der Waals surface area contributed by atoms with Crippen LogP contribution in [0.5, 0.6) is 0 Å². The molecule has 2 N–H and O–H groups in total. The van der Waals surface area contributed by atoms with E-state index in [2.05, 4.69) is 37.5 Å². The van der Waals surface area contributed by atoms with E-state index in [1.54, 1.807) is 36.4 Å². The minimum atomic E-state index is -1.04. The van der Waals surface area contributed by atoms with Crippen molar-refractivity contribution in [2.45, 2.75) is 219 Å². The van der Waals surface area contributed by atoms with Gasteiger partial charge < -0.3 is 19.7 Å². The lowest BCUT2D eigenvalue weighted by Crippen LogP contribution is -2.01. The Morgan fingerprint density at radius 1 is 0.403 bits per heavy atom. The average Bonchev–Trinajstić information content (AvgIpc) is 3.27. The Labute approximate surface area is 379 Å². The highest BCUT2D eigenvalue weighted by molar-refractivity contribution is 5.92. The number of benzene rings is 2. The zero-order chi connectivity index (χ0) is 44.6. The number of carbonyl (C=O) groups is 2. The molecule has 0 atom stereocenters. The molecule has 0 aliphatic carbocycles. The standard InChI is InChI=1S/C56H86O6/c1-3-5-7-9-11-13-15-17-19-21-23-25-27-29-31-33-43-61-45-35-37-49-47-51(55(57)58)39-41-53(49)54-42-40-52(56(59)60)48-50(54)38-36-46-62-44-34-32-30-28-26-24-22-20-18-16-14-12-10-8-6-4-2/h39-42,47-48H,3-34,43-46H2,1-2H3,(H,57,58)(H,59,60). The molecule has 0 aliphatic heterocycles. The van der Waals surface area contributed by atoms with Gasteiger partial charge in [0.15, 0.2) is 0 Å². The van der Waals surface area contributed by atoms with Gasteiger partial charge in [0, 0.05) is 24.3 Å². The second-order valence-corrected chi connectivity index (χ2v) is 17.4. The third-order valence-electron chi connectivity index (χ3n) is 11.9. The van der Waals surface area contributed by atoms with Gasteiger partial charge in [-0.15, -0.1) is 0 Å². The van der Waals surface area contributed by atoms with Gasteiger partial charge in [-0.3, -0.25) is 0 Å². The van der Waals surface area contributed by atoms with E-state index in [4.69, 9.17) is 9.47 Å². The highest BCUT2D eigenvalue weighted by Crippen LogP contribution is 2.29. The Morgan fingerprint density at radius 3 is 0.919 bits per heavy atom. The minimum absolute atomic E-state index is 0.129. The summed E-state index contributed by atoms with van der Waals surface area (Å²) >= 11 is 0. The first-order chi connectivity index (χ1) is 30.5. The van der Waals surface area contributed by atoms with Gasteiger partial charge in [0.05, 0.1) is 11.1 Å². The summed E-state index contributed by atoms with van der Waals surface area (Å²) in [6.45, 7) is 6.34. The highest BCUT2D eigenvalue weighted by atomic mass is 16.5. The monoisotopic (exact) mass is 855 g/mol. The second-order valence-electron chi connectivity index (χ2n) is 17.4. The molecule has 0 heterocycles. The number of ether oxygens (including phenoxy) is 2. The number of unbranched alkanes of at least 4 members (excludes halogenated alkanes) is 30. The molecule has 346 valence electrons. The summed E-state index contributed by atoms with van der Waals surface area (Å²) in [4.78, 5) is 23.7. The normalized spacial score (nSPS) is 10.9. The van der Waals surface area contributed by atoms with Gasteiger partial charge in [0.1, 0.15) is 13.2 Å². The second kappa shape index (κ2) is 39.0. The Hall–Kier alpha value is -3.58. The van der Waals surface area contributed by atoms with Crippen LogP contribution in [0.3, 0.4) is 0 Å². The van der Waals surface area contributed by atoms with Crippen molar-refractivity contribution in [1.29, 1.82) is 0 Å². The van der Waals surface area contributed by atoms with Crippen LogP contribution < -0.4 is 0 Å². The predicted molar refractivity (Wildman–Crippen MR) is 260 cm³/mol. The van der Waals surface area contributed by atoms with Crippen LogP contribution >= 0.6 is 0 Å². The van der Waals surface area contributed by atoms with Crippen LogP contribution in [-0.4, -0.2) is 48.6 Å². The van der Waals surface area contributed by atoms with Gasteiger partial charge in [0.2, 0.25) is 0 Å². The average molecular weight is 855 g/mol. The van der Waals surface area contributed by atoms with Crippen molar-refractivity contribution in [1.82, 2.24) is 0 Å². The highest BCUT2D eigenvalue weighted by Gasteiger charge is 2.14. The molecule has 0 aliphatic rings. The van der Waals surface area contributed by atoms with Crippen LogP contribution in [0.2, 0.25) is 0 Å². The molecule has 0 unspecified atom stereocenters. The Kier molecular flexibility index (Phi) is 34.4. The molecule has 2 aromatic rings. The van der Waals surface area contributed by atoms with Crippen LogP contribution in [0.4, 0.5) is 0 Å². The summed E-state index contributed by atoms with van der Waals surface area (Å²) < 4.78 is 11.6. The molecule has 2 aromatic carbocycles. The Morgan fingerprint density at radius 2 is 0.661 bits per heavy atom. The maximum Gasteiger partial charge on any atom is 0.335 e. The zero-order valence-corrected chi connectivity index (χ0v) is 39.4. The first-order valence-electron chi connectivity index (χ1n) is 25.4. The van der Waals surface area contributed by atoms with Crippen LogP contribution in [0.1, 0.15) is 251 Å². The molecule has 0 aromatic heterocycles. The molecular weight excluding hydrogens is 769 g/mol. The van der Waals surface area contributed by atoms with E-state index < -0.39 is 11.9 Å². The van der Waals surface area contributed by atoms with Gasteiger partial charge >= 0.3 is 11.9 Å². The lowest BCUT2D eigenvalue weighted by atomic mass is 9.93. The van der Waals surface area contributed by atoms with E-state index in [1.165, 1.54) is 180 Å². The van der Waals surface area contributed by atoms with Crippen molar-refractivity contribution in [3.05, 3.63) is 58.7 Å². The third kappa shape index (κ3) is 28.2. The molecule has 0 spiro atoms. The molecule has 6 nitrogen and oxygen atoms in total. The molecule has 0 radical (unpaired) electrons. The Balaban J connectivity index is 1.72. The number of carboxylic acid groups (broad SMARTS) is 2. The molecule has 0 amide bonds. The molecular formula is C56H86O6. The molecule has 6 heteroatoms. The first kappa shape index (κ1) is 54.6. The van der Waals surface area contributed by atoms with Crippen molar-refractivity contribution in [3.8, 4) is 34.8 Å². The van der Waals surface area contributed by atoms with E-state index >= 15 is 0 Å². The van der Waals surface area contributed by atoms with Crippen LogP contribution in [0.15, 0.2) is 36.4 Å². The summed E-state index contributed by atoms with van der Waals surface area (Å²) in [7, 11) is 0. The van der Waals surface area contributed by atoms with Crippen LogP contribution in [0.25, 0.3) is 11.1 Å². The molecule has 0 fully saturated rings. The minimum Gasteiger partial charge on any atom is -0.478 e. The SMILES string of the molecule is CCCCCCCCCCCCCCCCCCOCC#Cc1cc(C(=O)O)ccc1-c1ccc(C(=O)O)cc1C#CCOCCCCCCCCCCCCCCCCCC. The summed E-state index contributed by atoms with van der Waals surface area (Å²) in [6.07, 6.45) is 42.5. The fraction of sp³-hybridized carbons (Fsp3) is 0.679. The smallest absolute Gasteiger partial charge is 0.335 e. The van der Waals surface area contributed by atoms with Crippen molar-refractivity contribution in [2.24, 2.45) is 0 Å². The lowest BCUT2D eigenvalue weighted by molar-refractivity contribution is 0.0686. The van der Waals surface area contributed by atoms with E-state index in [-0.39, 0.29) is 24.3 Å². The molecule has 0 bridgehead atoms. The van der Waals surface area contributed by atoms with Crippen molar-refractivity contribution in [3.63, 3.8) is 0 Å². The van der Waals surface area contributed by atoms with E-state index in [0.29, 0.717) is 35.5 Å². The maximum absolute atomic E-state index is 11.9. The number of aromatic carboxylic acids is 2. The van der Waals surface area contributed by atoms with Crippen molar-refractivity contribution >= 4 is 11.9 Å². The number of hydrogen-bond donors (Lipinski definition) is 2. The Bertz CT molecular complexity index is 1450. The molecule has 0 saturated heterocycles. The summed E-state index contributed by atoms with van der Waals surface area (Å²) in [5, 5.41) is 19.4. The van der Waals surface area contributed by atoms with E-state index in [0.717, 1.165) is 25.7 Å². The molecule has 62 heavy (non-hydrogen) atoms. The maximum atomic E-state index is 11.9. The van der Waals surface area contributed by atoms with Gasteiger partial charge in [-0.25, -0.2) is 9.59 Å². The molecule has 0 saturated carbocycles. The lowest BCUT2D eigenvalue weighted by Gasteiger charge is -2.10. The van der Waals surface area contributed by atoms with Gasteiger partial charge in [-0.2, -0.15) is 0 Å². The predicted octanol–water partition coefficient (Wildman–Crippen LogP) is 16.0. The summed E-state index contributed by atoms with van der Waals surface area (Å²) in [5.74, 6) is 10.3. The van der Waals surface area contributed by atoms with Gasteiger partial charge in [-0.05, 0) is 48.2 Å². The largest absolute Gasteiger partial charge is 0.478 e. The molecule has 2 rings (SSSR count).